The van der Waals surface area contributed by atoms with E-state index in [1.54, 1.807) is 0 Å². The lowest BCUT2D eigenvalue weighted by molar-refractivity contribution is -0.119. The van der Waals surface area contributed by atoms with Gasteiger partial charge in [0.1, 0.15) is 0 Å². The van der Waals surface area contributed by atoms with Crippen LogP contribution in [0.15, 0.2) is 0 Å². The summed E-state index contributed by atoms with van der Waals surface area (Å²) in [6, 6.07) is 0.301. The highest BCUT2D eigenvalue weighted by molar-refractivity contribution is 5.78. The number of rotatable bonds is 3. The van der Waals surface area contributed by atoms with E-state index in [2.05, 4.69) is 12.2 Å². The van der Waals surface area contributed by atoms with Crippen molar-refractivity contribution < 1.29 is 9.90 Å². The molecule has 0 bridgehead atoms. The zero-order valence-electron chi connectivity index (χ0n) is 6.84. The Labute approximate surface area is 66.8 Å². The molecule has 1 heterocycles. The maximum absolute atomic E-state index is 10.8. The van der Waals surface area contributed by atoms with Crippen molar-refractivity contribution in [3.05, 3.63) is 0 Å². The minimum absolute atomic E-state index is 0.153. The molecule has 0 saturated carbocycles. The Morgan fingerprint density at radius 2 is 2.55 bits per heavy atom. The molecule has 1 aliphatic heterocycles. The van der Waals surface area contributed by atoms with Gasteiger partial charge >= 0.3 is 0 Å². The van der Waals surface area contributed by atoms with E-state index in [0.717, 1.165) is 12.8 Å². The van der Waals surface area contributed by atoms with E-state index < -0.39 is 0 Å². The molecule has 11 heavy (non-hydrogen) atoms. The summed E-state index contributed by atoms with van der Waals surface area (Å²) in [5.74, 6) is 0.561. The van der Waals surface area contributed by atoms with Crippen LogP contribution in [0.3, 0.4) is 0 Å². The van der Waals surface area contributed by atoms with E-state index in [4.69, 9.17) is 5.11 Å². The van der Waals surface area contributed by atoms with Crippen LogP contribution in [0, 0.1) is 5.92 Å². The van der Waals surface area contributed by atoms with Crippen molar-refractivity contribution in [2.45, 2.75) is 32.2 Å². The highest BCUT2D eigenvalue weighted by atomic mass is 16.3. The SMILES string of the molecule is C[C@@H](CCO)[C@H]1CCC(=O)N1. The summed E-state index contributed by atoms with van der Waals surface area (Å²) in [6.45, 7) is 2.28. The van der Waals surface area contributed by atoms with Gasteiger partial charge in [-0.15, -0.1) is 0 Å². The summed E-state index contributed by atoms with van der Waals surface area (Å²) in [6.07, 6.45) is 2.37. The number of hydrogen-bond donors (Lipinski definition) is 2. The first-order valence-electron chi connectivity index (χ1n) is 4.14. The van der Waals surface area contributed by atoms with Crippen LogP contribution in [-0.2, 0) is 4.79 Å². The Hall–Kier alpha value is -0.570. The van der Waals surface area contributed by atoms with Gasteiger partial charge in [-0.25, -0.2) is 0 Å². The van der Waals surface area contributed by atoms with Crippen molar-refractivity contribution in [2.24, 2.45) is 5.92 Å². The average Bonchev–Trinajstić information content (AvgIpc) is 2.36. The first-order valence-corrected chi connectivity index (χ1v) is 4.14. The lowest BCUT2D eigenvalue weighted by atomic mass is 9.98. The molecule has 0 unspecified atom stereocenters. The van der Waals surface area contributed by atoms with Crippen LogP contribution in [0.25, 0.3) is 0 Å². The van der Waals surface area contributed by atoms with Gasteiger partial charge in [-0.1, -0.05) is 6.92 Å². The Balaban J connectivity index is 2.30. The van der Waals surface area contributed by atoms with E-state index >= 15 is 0 Å². The zero-order chi connectivity index (χ0) is 8.27. The summed E-state index contributed by atoms with van der Waals surface area (Å²) >= 11 is 0. The van der Waals surface area contributed by atoms with Gasteiger partial charge in [-0.05, 0) is 18.8 Å². The number of carbonyl (C=O) groups excluding carboxylic acids is 1. The van der Waals surface area contributed by atoms with Crippen molar-refractivity contribution in [3.8, 4) is 0 Å². The summed E-state index contributed by atoms with van der Waals surface area (Å²) in [7, 11) is 0. The number of hydrogen-bond acceptors (Lipinski definition) is 2. The number of aliphatic hydroxyl groups excluding tert-OH is 1. The van der Waals surface area contributed by atoms with Crippen LogP contribution in [0.5, 0.6) is 0 Å². The molecule has 2 N–H and O–H groups in total. The quantitative estimate of drug-likeness (QED) is 0.618. The highest BCUT2D eigenvalue weighted by Gasteiger charge is 2.24. The molecule has 1 rings (SSSR count). The molecule has 0 aromatic rings. The predicted molar refractivity (Wildman–Crippen MR) is 42.0 cm³/mol. The molecule has 3 heteroatoms. The molecule has 64 valence electrons. The van der Waals surface area contributed by atoms with Gasteiger partial charge in [0, 0.05) is 19.1 Å². The molecule has 0 spiro atoms. The lowest BCUT2D eigenvalue weighted by Gasteiger charge is -2.17. The number of nitrogens with one attached hydrogen (secondary N) is 1. The topological polar surface area (TPSA) is 49.3 Å². The molecular formula is C8H15NO2. The second-order valence-electron chi connectivity index (χ2n) is 3.20. The number of carbonyl (C=O) groups is 1. The molecule has 0 aromatic heterocycles. The second-order valence-corrected chi connectivity index (χ2v) is 3.20. The van der Waals surface area contributed by atoms with Crippen molar-refractivity contribution in [1.29, 1.82) is 0 Å². The van der Waals surface area contributed by atoms with Gasteiger partial charge in [-0.3, -0.25) is 4.79 Å². The molecule has 2 atom stereocenters. The molecule has 3 nitrogen and oxygen atoms in total. The molecule has 0 aliphatic carbocycles. The van der Waals surface area contributed by atoms with Crippen LogP contribution in [0.4, 0.5) is 0 Å². The fourth-order valence-electron chi connectivity index (χ4n) is 1.47. The van der Waals surface area contributed by atoms with Crippen LogP contribution in [-0.4, -0.2) is 23.7 Å². The molecular weight excluding hydrogens is 142 g/mol. The number of amides is 1. The van der Waals surface area contributed by atoms with E-state index in [-0.39, 0.29) is 12.5 Å². The van der Waals surface area contributed by atoms with Gasteiger partial charge in [0.05, 0.1) is 0 Å². The van der Waals surface area contributed by atoms with Gasteiger partial charge in [-0.2, -0.15) is 0 Å². The van der Waals surface area contributed by atoms with Gasteiger partial charge in [0.25, 0.3) is 0 Å². The van der Waals surface area contributed by atoms with Gasteiger partial charge in [0.2, 0.25) is 5.91 Å². The predicted octanol–water partition coefficient (Wildman–Crippen LogP) is 0.283. The smallest absolute Gasteiger partial charge is 0.220 e. The molecule has 0 aromatic carbocycles. The molecule has 0 radical (unpaired) electrons. The van der Waals surface area contributed by atoms with E-state index in [1.165, 1.54) is 0 Å². The van der Waals surface area contributed by atoms with Crippen LogP contribution < -0.4 is 5.32 Å². The third-order valence-electron chi connectivity index (χ3n) is 2.30. The molecule has 1 fully saturated rings. The normalized spacial score (nSPS) is 26.7. The van der Waals surface area contributed by atoms with E-state index in [1.807, 2.05) is 0 Å². The van der Waals surface area contributed by atoms with Crippen molar-refractivity contribution in [3.63, 3.8) is 0 Å². The largest absolute Gasteiger partial charge is 0.396 e. The molecule has 1 saturated heterocycles. The zero-order valence-corrected chi connectivity index (χ0v) is 6.84. The Bertz CT molecular complexity index is 147. The van der Waals surface area contributed by atoms with Crippen molar-refractivity contribution in [1.82, 2.24) is 5.32 Å². The first-order chi connectivity index (χ1) is 5.24. The third kappa shape index (κ3) is 2.19. The summed E-state index contributed by atoms with van der Waals surface area (Å²) in [4.78, 5) is 10.8. The van der Waals surface area contributed by atoms with Gasteiger partial charge < -0.3 is 10.4 Å². The maximum atomic E-state index is 10.8. The fraction of sp³-hybridized carbons (Fsp3) is 0.875. The minimum atomic E-state index is 0.153. The summed E-state index contributed by atoms with van der Waals surface area (Å²) in [5.41, 5.74) is 0. The molecule has 1 aliphatic rings. The molecule has 1 amide bonds. The van der Waals surface area contributed by atoms with Gasteiger partial charge in [0.15, 0.2) is 0 Å². The van der Waals surface area contributed by atoms with Crippen LogP contribution in [0.1, 0.15) is 26.2 Å². The van der Waals surface area contributed by atoms with Crippen LogP contribution >= 0.6 is 0 Å². The minimum Gasteiger partial charge on any atom is -0.396 e. The third-order valence-corrected chi connectivity index (χ3v) is 2.30. The summed E-state index contributed by atoms with van der Waals surface area (Å²) < 4.78 is 0. The number of aliphatic hydroxyl groups is 1. The first kappa shape index (κ1) is 8.53. The Morgan fingerprint density at radius 1 is 1.82 bits per heavy atom. The monoisotopic (exact) mass is 157 g/mol. The van der Waals surface area contributed by atoms with E-state index in [9.17, 15) is 4.79 Å². The van der Waals surface area contributed by atoms with Crippen LogP contribution in [0.2, 0.25) is 0 Å². The Kier molecular flexibility index (Phi) is 2.88. The van der Waals surface area contributed by atoms with Crippen molar-refractivity contribution in [2.75, 3.05) is 6.61 Å². The lowest BCUT2D eigenvalue weighted by Crippen LogP contribution is -2.31. The highest BCUT2D eigenvalue weighted by Crippen LogP contribution is 2.17. The average molecular weight is 157 g/mol. The standard InChI is InChI=1S/C8H15NO2/c1-6(4-5-10)7-2-3-8(11)9-7/h6-7,10H,2-5H2,1H3,(H,9,11)/t6-,7+/m0/s1. The Morgan fingerprint density at radius 3 is 3.00 bits per heavy atom. The fourth-order valence-corrected chi connectivity index (χ4v) is 1.47. The van der Waals surface area contributed by atoms with Crippen molar-refractivity contribution >= 4 is 5.91 Å². The summed E-state index contributed by atoms with van der Waals surface area (Å²) in [5, 5.41) is 11.5. The van der Waals surface area contributed by atoms with E-state index in [0.29, 0.717) is 18.4 Å². The second kappa shape index (κ2) is 3.72. The maximum Gasteiger partial charge on any atom is 0.220 e.